The minimum absolute atomic E-state index is 0.165. The van der Waals surface area contributed by atoms with Gasteiger partial charge in [0.2, 0.25) is 5.91 Å². The number of amides is 1. The number of carbonyl (C=O) groups excluding carboxylic acids is 1. The Morgan fingerprint density at radius 1 is 1.20 bits per heavy atom. The monoisotopic (exact) mass is 340 g/mol. The second-order valence-electron chi connectivity index (χ2n) is 7.73. The third-order valence-corrected chi connectivity index (χ3v) is 6.07. The van der Waals surface area contributed by atoms with Crippen LogP contribution in [0.5, 0.6) is 0 Å². The van der Waals surface area contributed by atoms with Gasteiger partial charge in [-0.05, 0) is 37.2 Å². The second kappa shape index (κ2) is 5.68. The maximum atomic E-state index is 12.8. The fraction of sp³-hybridized carbons (Fsp3) is 0.667. The molecule has 1 saturated carbocycles. The number of hydrogen-bond acceptors (Lipinski definition) is 4. The normalized spacial score (nSPS) is 26.0. The van der Waals surface area contributed by atoms with Crippen molar-refractivity contribution >= 4 is 5.91 Å². The van der Waals surface area contributed by atoms with Gasteiger partial charge in [0.05, 0.1) is 6.20 Å². The number of rotatable bonds is 3. The number of likely N-dealkylation sites (tertiary alicyclic amines) is 1. The Kier molecular flexibility index (Phi) is 3.43. The van der Waals surface area contributed by atoms with Crippen LogP contribution in [0.3, 0.4) is 0 Å². The molecule has 4 heterocycles. The van der Waals surface area contributed by atoms with Crippen LogP contribution in [0.25, 0.3) is 0 Å². The first-order valence-electron chi connectivity index (χ1n) is 9.40. The van der Waals surface area contributed by atoms with Gasteiger partial charge >= 0.3 is 0 Å². The van der Waals surface area contributed by atoms with Crippen LogP contribution in [0.15, 0.2) is 12.4 Å². The summed E-state index contributed by atoms with van der Waals surface area (Å²) in [5.74, 6) is 3.62. The summed E-state index contributed by atoms with van der Waals surface area (Å²) in [6, 6.07) is 0. The molecule has 25 heavy (non-hydrogen) atoms. The van der Waals surface area contributed by atoms with Crippen molar-refractivity contribution in [1.29, 1.82) is 0 Å². The Bertz CT molecular complexity index is 800. The molecule has 2 aromatic rings. The largest absolute Gasteiger partial charge is 0.342 e. The summed E-state index contributed by atoms with van der Waals surface area (Å²) in [4.78, 5) is 14.9. The smallest absolute Gasteiger partial charge is 0.226 e. The zero-order valence-electron chi connectivity index (χ0n) is 14.6. The van der Waals surface area contributed by atoms with Gasteiger partial charge in [-0.2, -0.15) is 5.10 Å². The van der Waals surface area contributed by atoms with Gasteiger partial charge < -0.3 is 9.47 Å². The Balaban J connectivity index is 1.20. The fourth-order valence-electron chi connectivity index (χ4n) is 4.54. The van der Waals surface area contributed by atoms with Crippen molar-refractivity contribution in [2.45, 2.75) is 50.5 Å². The minimum Gasteiger partial charge on any atom is -0.342 e. The van der Waals surface area contributed by atoms with Crippen LogP contribution < -0.4 is 0 Å². The molecule has 3 aliphatic rings. The number of piperidine rings is 1. The molecular formula is C18H24N6O. The van der Waals surface area contributed by atoms with E-state index in [1.54, 1.807) is 0 Å². The predicted octanol–water partition coefficient (Wildman–Crippen LogP) is 1.47. The molecule has 0 bridgehead atoms. The summed E-state index contributed by atoms with van der Waals surface area (Å²) in [7, 11) is 1.93. The van der Waals surface area contributed by atoms with E-state index in [4.69, 9.17) is 0 Å². The van der Waals surface area contributed by atoms with E-state index in [2.05, 4.69) is 24.8 Å². The van der Waals surface area contributed by atoms with Gasteiger partial charge in [0, 0.05) is 51.1 Å². The first kappa shape index (κ1) is 15.1. The standard InChI is InChI=1S/C18H24N6O/c1-22-11-13(10-19-22)14-9-15(14)18(25)23-7-4-12(5-8-23)17-21-20-16-3-2-6-24(16)17/h10-12,14-15H,2-9H2,1H3/t14-,15-/m0/s1. The zero-order valence-corrected chi connectivity index (χ0v) is 14.6. The van der Waals surface area contributed by atoms with Crippen LogP contribution in [-0.2, 0) is 24.8 Å². The lowest BCUT2D eigenvalue weighted by Crippen LogP contribution is -2.39. The first-order valence-corrected chi connectivity index (χ1v) is 9.40. The van der Waals surface area contributed by atoms with Gasteiger partial charge in [-0.3, -0.25) is 9.48 Å². The van der Waals surface area contributed by atoms with Gasteiger partial charge in [-0.15, -0.1) is 10.2 Å². The van der Waals surface area contributed by atoms with Gasteiger partial charge in [-0.25, -0.2) is 0 Å². The lowest BCUT2D eigenvalue weighted by molar-refractivity contribution is -0.133. The second-order valence-corrected chi connectivity index (χ2v) is 7.73. The number of aryl methyl sites for hydroxylation is 2. The van der Waals surface area contributed by atoms with Crippen molar-refractivity contribution in [2.24, 2.45) is 13.0 Å². The predicted molar refractivity (Wildman–Crippen MR) is 91.0 cm³/mol. The van der Waals surface area contributed by atoms with Gasteiger partial charge in [-0.1, -0.05) is 0 Å². The molecule has 1 saturated heterocycles. The molecular weight excluding hydrogens is 316 g/mol. The van der Waals surface area contributed by atoms with E-state index in [1.807, 2.05) is 24.1 Å². The molecule has 0 aromatic carbocycles. The number of nitrogens with zero attached hydrogens (tertiary/aromatic N) is 6. The summed E-state index contributed by atoms with van der Waals surface area (Å²) in [6.45, 7) is 2.76. The van der Waals surface area contributed by atoms with Crippen molar-refractivity contribution in [3.8, 4) is 0 Å². The fourth-order valence-corrected chi connectivity index (χ4v) is 4.54. The Labute approximate surface area is 147 Å². The molecule has 1 aliphatic carbocycles. The molecule has 5 rings (SSSR count). The zero-order chi connectivity index (χ0) is 17.0. The average Bonchev–Trinajstić information content (AvgIpc) is 2.95. The van der Waals surface area contributed by atoms with Crippen LogP contribution in [0.1, 0.15) is 54.7 Å². The lowest BCUT2D eigenvalue weighted by atomic mass is 9.95. The Morgan fingerprint density at radius 2 is 2.04 bits per heavy atom. The lowest BCUT2D eigenvalue weighted by Gasteiger charge is -2.31. The summed E-state index contributed by atoms with van der Waals surface area (Å²) >= 11 is 0. The van der Waals surface area contributed by atoms with E-state index < -0.39 is 0 Å². The van der Waals surface area contributed by atoms with Crippen molar-refractivity contribution in [3.63, 3.8) is 0 Å². The SMILES string of the molecule is Cn1cc([C@@H]2C[C@@H]2C(=O)N2CCC(c3nnc4n3CCC4)CC2)cn1. The van der Waals surface area contributed by atoms with Gasteiger partial charge in [0.25, 0.3) is 0 Å². The van der Waals surface area contributed by atoms with Crippen LogP contribution in [0.2, 0.25) is 0 Å². The molecule has 7 heteroatoms. The topological polar surface area (TPSA) is 68.8 Å². The van der Waals surface area contributed by atoms with E-state index in [0.717, 1.165) is 57.0 Å². The third-order valence-electron chi connectivity index (χ3n) is 6.07. The maximum Gasteiger partial charge on any atom is 0.226 e. The molecule has 1 amide bonds. The Hall–Kier alpha value is -2.18. The summed E-state index contributed by atoms with van der Waals surface area (Å²) in [5.41, 5.74) is 1.20. The maximum absolute atomic E-state index is 12.8. The highest BCUT2D eigenvalue weighted by Crippen LogP contribution is 2.48. The van der Waals surface area contributed by atoms with Crippen molar-refractivity contribution < 1.29 is 4.79 Å². The summed E-state index contributed by atoms with van der Waals surface area (Å²) in [6.07, 6.45) is 9.17. The number of hydrogen-bond donors (Lipinski definition) is 0. The molecule has 2 aromatic heterocycles. The van der Waals surface area contributed by atoms with Gasteiger partial charge in [0.15, 0.2) is 0 Å². The number of aromatic nitrogens is 5. The molecule has 2 aliphatic heterocycles. The highest BCUT2D eigenvalue weighted by Gasteiger charge is 2.46. The molecule has 7 nitrogen and oxygen atoms in total. The molecule has 2 fully saturated rings. The summed E-state index contributed by atoms with van der Waals surface area (Å²) in [5, 5.41) is 13.0. The molecule has 132 valence electrons. The van der Waals surface area contributed by atoms with Crippen LogP contribution >= 0.6 is 0 Å². The highest BCUT2D eigenvalue weighted by molar-refractivity contribution is 5.83. The van der Waals surface area contributed by atoms with Crippen LogP contribution in [-0.4, -0.2) is 48.4 Å². The van der Waals surface area contributed by atoms with E-state index in [1.165, 1.54) is 12.0 Å². The third kappa shape index (κ3) is 2.56. The molecule has 2 atom stereocenters. The molecule has 0 spiro atoms. The summed E-state index contributed by atoms with van der Waals surface area (Å²) < 4.78 is 4.12. The van der Waals surface area contributed by atoms with E-state index in [0.29, 0.717) is 17.7 Å². The molecule has 0 unspecified atom stereocenters. The Morgan fingerprint density at radius 3 is 2.80 bits per heavy atom. The van der Waals surface area contributed by atoms with Crippen molar-refractivity contribution in [3.05, 3.63) is 29.6 Å². The molecule has 0 N–H and O–H groups in total. The van der Waals surface area contributed by atoms with Crippen LogP contribution in [0.4, 0.5) is 0 Å². The highest BCUT2D eigenvalue weighted by atomic mass is 16.2. The van der Waals surface area contributed by atoms with Gasteiger partial charge in [0.1, 0.15) is 11.6 Å². The number of fused-ring (bicyclic) bond motifs is 1. The van der Waals surface area contributed by atoms with Crippen molar-refractivity contribution in [2.75, 3.05) is 13.1 Å². The van der Waals surface area contributed by atoms with E-state index in [9.17, 15) is 4.79 Å². The van der Waals surface area contributed by atoms with E-state index >= 15 is 0 Å². The first-order chi connectivity index (χ1) is 12.2. The van der Waals surface area contributed by atoms with Crippen LogP contribution in [0, 0.1) is 5.92 Å². The van der Waals surface area contributed by atoms with Crippen molar-refractivity contribution in [1.82, 2.24) is 29.4 Å². The number of carbonyl (C=O) groups is 1. The minimum atomic E-state index is 0.165. The average molecular weight is 340 g/mol. The van der Waals surface area contributed by atoms with E-state index in [-0.39, 0.29) is 5.92 Å². The quantitative estimate of drug-likeness (QED) is 0.848. The molecule has 0 radical (unpaired) electrons.